The molecule has 0 radical (unpaired) electrons. The minimum absolute atomic E-state index is 0.0790. The minimum atomic E-state index is -3.35. The third kappa shape index (κ3) is 1.89. The molecule has 2 rings (SSSR count). The van der Waals surface area contributed by atoms with E-state index in [0.717, 1.165) is 6.26 Å². The molecule has 0 bridgehead atoms. The second-order valence-electron chi connectivity index (χ2n) is 3.68. The third-order valence-electron chi connectivity index (χ3n) is 2.51. The number of carbonyl (C=O) groups is 1. The van der Waals surface area contributed by atoms with Crippen LogP contribution in [0.15, 0.2) is 28.0 Å². The fourth-order valence-corrected chi connectivity index (χ4v) is 3.66. The normalized spacial score (nSPS) is 19.5. The van der Waals surface area contributed by atoms with Crippen molar-refractivity contribution in [2.24, 2.45) is 0 Å². The summed E-state index contributed by atoms with van der Waals surface area (Å²) in [5.41, 5.74) is 0.317. The summed E-state index contributed by atoms with van der Waals surface area (Å²) in [5, 5.41) is 0. The fourth-order valence-electron chi connectivity index (χ4n) is 1.64. The molecule has 1 aromatic rings. The zero-order valence-electron chi connectivity index (χ0n) is 9.34. The van der Waals surface area contributed by atoms with Crippen LogP contribution in [0.5, 0.6) is 0 Å². The zero-order chi connectivity index (χ0) is 12.8. The predicted octanol–water partition coefficient (Wildman–Crippen LogP) is 0.588. The molecule has 5 nitrogen and oxygen atoms in total. The molecule has 0 aliphatic carbocycles. The fraction of sp³-hybridized carbons (Fsp3) is 0.300. The van der Waals surface area contributed by atoms with Gasteiger partial charge in [-0.25, -0.2) is 12.6 Å². The Morgan fingerprint density at radius 2 is 2.00 bits per heavy atom. The summed E-state index contributed by atoms with van der Waals surface area (Å²) in [6.07, 6.45) is 1.08. The van der Waals surface area contributed by atoms with Crippen molar-refractivity contribution in [3.8, 4) is 0 Å². The van der Waals surface area contributed by atoms with Crippen LogP contribution in [-0.2, 0) is 20.8 Å². The number of carbonyl (C=O) groups excluding carboxylic acids is 1. The van der Waals surface area contributed by atoms with Crippen LogP contribution in [0.4, 0.5) is 0 Å². The molecule has 1 unspecified atom stereocenters. The average molecular weight is 273 g/mol. The van der Waals surface area contributed by atoms with Gasteiger partial charge in [0.15, 0.2) is 20.8 Å². The molecule has 17 heavy (non-hydrogen) atoms. The largest absolute Gasteiger partial charge is 0.268 e. The second-order valence-corrected chi connectivity index (χ2v) is 7.07. The highest BCUT2D eigenvalue weighted by molar-refractivity contribution is 7.90. The van der Waals surface area contributed by atoms with Crippen molar-refractivity contribution >= 4 is 26.7 Å². The van der Waals surface area contributed by atoms with Crippen LogP contribution in [0, 0.1) is 0 Å². The maximum atomic E-state index is 11.9. The second kappa shape index (κ2) is 3.92. The van der Waals surface area contributed by atoms with Crippen molar-refractivity contribution in [3.05, 3.63) is 23.8 Å². The molecule has 0 N–H and O–H groups in total. The molecule has 1 aromatic carbocycles. The van der Waals surface area contributed by atoms with Gasteiger partial charge in [0.05, 0.1) is 15.4 Å². The van der Waals surface area contributed by atoms with E-state index in [4.69, 9.17) is 0 Å². The van der Waals surface area contributed by atoms with Crippen molar-refractivity contribution in [3.63, 3.8) is 0 Å². The number of nitrogens with zero attached hydrogens (tertiary/aromatic N) is 1. The molecule has 0 fully saturated rings. The molecule has 1 atom stereocenters. The predicted molar refractivity (Wildman–Crippen MR) is 62.7 cm³/mol. The Balaban J connectivity index is 2.62. The molecule has 7 heteroatoms. The van der Waals surface area contributed by atoms with Gasteiger partial charge in [-0.1, -0.05) is 0 Å². The highest BCUT2D eigenvalue weighted by Crippen LogP contribution is 2.28. The Morgan fingerprint density at radius 3 is 2.53 bits per heavy atom. The Hall–Kier alpha value is -1.21. The first kappa shape index (κ1) is 12.3. The smallest absolute Gasteiger partial charge is 0.267 e. The number of amides is 1. The van der Waals surface area contributed by atoms with Crippen LogP contribution < -0.4 is 0 Å². The summed E-state index contributed by atoms with van der Waals surface area (Å²) >= 11 is 0. The van der Waals surface area contributed by atoms with E-state index in [2.05, 4.69) is 0 Å². The number of sulfone groups is 1. The maximum Gasteiger partial charge on any atom is 0.267 e. The molecular weight excluding hydrogens is 262 g/mol. The molecule has 0 spiro atoms. The van der Waals surface area contributed by atoms with Gasteiger partial charge in [-0.3, -0.25) is 9.10 Å². The van der Waals surface area contributed by atoms with Crippen molar-refractivity contribution in [1.29, 1.82) is 0 Å². The van der Waals surface area contributed by atoms with E-state index in [9.17, 15) is 17.4 Å². The van der Waals surface area contributed by atoms with E-state index >= 15 is 0 Å². The quantitative estimate of drug-likeness (QED) is 0.790. The number of fused-ring (bicyclic) bond motifs is 1. The van der Waals surface area contributed by atoms with Gasteiger partial charge in [0.25, 0.3) is 5.91 Å². The molecular formula is C10H11NO4S2. The molecule has 1 aliphatic heterocycles. The number of hydrogen-bond acceptors (Lipinski definition) is 4. The van der Waals surface area contributed by atoms with Crippen LogP contribution in [0.25, 0.3) is 0 Å². The molecule has 0 saturated heterocycles. The van der Waals surface area contributed by atoms with Crippen molar-refractivity contribution in [1.82, 2.24) is 4.31 Å². The highest BCUT2D eigenvalue weighted by Gasteiger charge is 2.34. The van der Waals surface area contributed by atoms with Gasteiger partial charge in [0.2, 0.25) is 0 Å². The van der Waals surface area contributed by atoms with E-state index < -0.39 is 20.8 Å². The summed E-state index contributed by atoms with van der Waals surface area (Å²) < 4.78 is 35.9. The molecule has 1 aliphatic rings. The summed E-state index contributed by atoms with van der Waals surface area (Å²) in [4.78, 5) is 12.1. The third-order valence-corrected chi connectivity index (χ3v) is 5.16. The maximum absolute atomic E-state index is 11.9. The Bertz CT molecular complexity index is 621. The van der Waals surface area contributed by atoms with Gasteiger partial charge < -0.3 is 0 Å². The first-order valence-electron chi connectivity index (χ1n) is 4.94. The number of hydrogen-bond donors (Lipinski definition) is 0. The monoisotopic (exact) mass is 273 g/mol. The van der Waals surface area contributed by atoms with E-state index in [-0.39, 0.29) is 15.7 Å². The molecule has 0 saturated carbocycles. The van der Waals surface area contributed by atoms with E-state index in [0.29, 0.717) is 12.1 Å². The van der Waals surface area contributed by atoms with Crippen molar-refractivity contribution < 1.29 is 17.4 Å². The molecule has 92 valence electrons. The van der Waals surface area contributed by atoms with Gasteiger partial charge in [-0.2, -0.15) is 0 Å². The SMILES string of the molecule is CCN1C(=O)c2ccc(S(C)(=O)=O)cc2S1=O. The van der Waals surface area contributed by atoms with Crippen molar-refractivity contribution in [2.75, 3.05) is 12.8 Å². The van der Waals surface area contributed by atoms with Crippen LogP contribution in [0.1, 0.15) is 17.3 Å². The Labute approximate surface area is 102 Å². The van der Waals surface area contributed by atoms with Gasteiger partial charge >= 0.3 is 0 Å². The average Bonchev–Trinajstić information content (AvgIpc) is 2.50. The Morgan fingerprint density at radius 1 is 1.35 bits per heavy atom. The van der Waals surface area contributed by atoms with E-state index in [1.807, 2.05) is 0 Å². The molecule has 1 heterocycles. The lowest BCUT2D eigenvalue weighted by atomic mass is 10.2. The lowest BCUT2D eigenvalue weighted by Crippen LogP contribution is -2.25. The summed E-state index contributed by atoms with van der Waals surface area (Å²) in [5.74, 6) is -0.319. The van der Waals surface area contributed by atoms with Crippen molar-refractivity contribution in [2.45, 2.75) is 16.7 Å². The van der Waals surface area contributed by atoms with E-state index in [1.54, 1.807) is 6.92 Å². The first-order valence-corrected chi connectivity index (χ1v) is 7.94. The summed E-state index contributed by atoms with van der Waals surface area (Å²) in [6, 6.07) is 4.10. The van der Waals surface area contributed by atoms with Gasteiger partial charge in [-0.15, -0.1) is 0 Å². The Kier molecular flexibility index (Phi) is 2.82. The number of benzene rings is 1. The topological polar surface area (TPSA) is 71.5 Å². The van der Waals surface area contributed by atoms with Crippen LogP contribution >= 0.6 is 0 Å². The molecule has 1 amide bonds. The lowest BCUT2D eigenvalue weighted by molar-refractivity contribution is 0.0879. The first-order chi connectivity index (χ1) is 7.86. The van der Waals surface area contributed by atoms with Gasteiger partial charge in [-0.05, 0) is 25.1 Å². The minimum Gasteiger partial charge on any atom is -0.268 e. The van der Waals surface area contributed by atoms with Crippen LogP contribution in [0.2, 0.25) is 0 Å². The summed E-state index contributed by atoms with van der Waals surface area (Å²) in [6.45, 7) is 2.05. The standard InChI is InChI=1S/C10H11NO4S2/c1-3-11-10(12)8-5-4-7(17(2,14)15)6-9(8)16(11)13/h4-6H,3H2,1-2H3. The van der Waals surface area contributed by atoms with Crippen LogP contribution in [0.3, 0.4) is 0 Å². The highest BCUT2D eigenvalue weighted by atomic mass is 32.2. The zero-order valence-corrected chi connectivity index (χ0v) is 11.0. The van der Waals surface area contributed by atoms with Gasteiger partial charge in [0, 0.05) is 12.8 Å². The lowest BCUT2D eigenvalue weighted by Gasteiger charge is -2.09. The number of rotatable bonds is 2. The van der Waals surface area contributed by atoms with E-state index in [1.165, 1.54) is 22.5 Å². The van der Waals surface area contributed by atoms with Crippen LogP contribution in [-0.4, -0.2) is 35.6 Å². The molecule has 0 aromatic heterocycles. The summed E-state index contributed by atoms with van der Waals surface area (Å²) in [7, 11) is -4.95. The van der Waals surface area contributed by atoms with Gasteiger partial charge in [0.1, 0.15) is 0 Å².